The monoisotopic (exact) mass is 325 g/mol. The maximum atomic E-state index is 11.3. The van der Waals surface area contributed by atoms with Crippen LogP contribution in [0.3, 0.4) is 0 Å². The highest BCUT2D eigenvalue weighted by atomic mass is 35.5. The first-order chi connectivity index (χ1) is 10.7. The van der Waals surface area contributed by atoms with Crippen molar-refractivity contribution in [2.24, 2.45) is 0 Å². The molecule has 0 bridgehead atoms. The standard InChI is InChI=1S/C14H17BClNO5/c1-2-13(18)20-8-9-7-19-11-5-3-4-10-12(6-17-16)22-15(21-9)14(10)11/h3-5,9,12,17H,2,6-8H2,1H3/t9-,12?/m0/s1. The Balaban J connectivity index is 1.75. The van der Waals surface area contributed by atoms with Gasteiger partial charge >= 0.3 is 13.1 Å². The zero-order valence-corrected chi connectivity index (χ0v) is 13.0. The van der Waals surface area contributed by atoms with Crippen molar-refractivity contribution in [1.29, 1.82) is 0 Å². The Morgan fingerprint density at radius 2 is 2.36 bits per heavy atom. The zero-order valence-electron chi connectivity index (χ0n) is 12.2. The van der Waals surface area contributed by atoms with Gasteiger partial charge < -0.3 is 18.8 Å². The first-order valence-corrected chi connectivity index (χ1v) is 7.66. The molecule has 1 aromatic rings. The summed E-state index contributed by atoms with van der Waals surface area (Å²) < 4.78 is 22.8. The second kappa shape index (κ2) is 6.87. The van der Waals surface area contributed by atoms with Crippen molar-refractivity contribution < 1.29 is 23.6 Å². The molecule has 1 N–H and O–H groups in total. The lowest BCUT2D eigenvalue weighted by Crippen LogP contribution is -2.37. The van der Waals surface area contributed by atoms with Gasteiger partial charge in [-0.25, -0.2) is 4.84 Å². The maximum absolute atomic E-state index is 11.3. The number of hydrogen-bond acceptors (Lipinski definition) is 6. The molecule has 2 aliphatic rings. The molecule has 0 radical (unpaired) electrons. The third kappa shape index (κ3) is 3.08. The number of carbonyl (C=O) groups is 1. The molecule has 2 heterocycles. The summed E-state index contributed by atoms with van der Waals surface area (Å²) in [6.45, 7) is 2.67. The zero-order chi connectivity index (χ0) is 15.5. The summed E-state index contributed by atoms with van der Waals surface area (Å²) in [4.78, 5) is 13.9. The smallest absolute Gasteiger partial charge is 0.491 e. The average molecular weight is 326 g/mol. The molecule has 0 aliphatic carbocycles. The van der Waals surface area contributed by atoms with E-state index in [4.69, 9.17) is 30.6 Å². The Morgan fingerprint density at radius 3 is 3.14 bits per heavy atom. The van der Waals surface area contributed by atoms with Crippen molar-refractivity contribution in [2.45, 2.75) is 25.6 Å². The van der Waals surface area contributed by atoms with Crippen LogP contribution in [0.2, 0.25) is 0 Å². The minimum atomic E-state index is -0.533. The van der Waals surface area contributed by atoms with Gasteiger partial charge in [-0.1, -0.05) is 19.1 Å². The first kappa shape index (κ1) is 15.6. The van der Waals surface area contributed by atoms with Crippen molar-refractivity contribution in [2.75, 3.05) is 19.8 Å². The maximum Gasteiger partial charge on any atom is 0.499 e. The summed E-state index contributed by atoms with van der Waals surface area (Å²) in [6, 6.07) is 5.77. The number of ether oxygens (including phenoxy) is 2. The average Bonchev–Trinajstić information content (AvgIpc) is 2.77. The van der Waals surface area contributed by atoms with Crippen molar-refractivity contribution in [1.82, 2.24) is 4.84 Å². The lowest BCUT2D eigenvalue weighted by Gasteiger charge is -2.19. The molecular formula is C14H17BClNO5. The summed E-state index contributed by atoms with van der Waals surface area (Å²) in [7, 11) is -0.533. The van der Waals surface area contributed by atoms with Crippen LogP contribution < -0.4 is 15.0 Å². The molecule has 1 aromatic carbocycles. The molecule has 2 atom stereocenters. The van der Waals surface area contributed by atoms with E-state index >= 15 is 0 Å². The number of benzene rings is 1. The van der Waals surface area contributed by atoms with E-state index in [1.54, 1.807) is 6.92 Å². The fourth-order valence-corrected chi connectivity index (χ4v) is 2.75. The van der Waals surface area contributed by atoms with Crippen LogP contribution in [-0.4, -0.2) is 39.0 Å². The van der Waals surface area contributed by atoms with E-state index in [0.717, 1.165) is 16.8 Å². The molecule has 2 aliphatic heterocycles. The van der Waals surface area contributed by atoms with Gasteiger partial charge in [-0.15, -0.1) is 0 Å². The summed E-state index contributed by atoms with van der Waals surface area (Å²) >= 11 is 5.60. The van der Waals surface area contributed by atoms with E-state index in [1.165, 1.54) is 0 Å². The number of carbonyl (C=O) groups excluding carboxylic acids is 1. The van der Waals surface area contributed by atoms with Crippen molar-refractivity contribution in [3.63, 3.8) is 0 Å². The molecule has 0 saturated heterocycles. The van der Waals surface area contributed by atoms with Crippen LogP contribution in [0.25, 0.3) is 0 Å². The van der Waals surface area contributed by atoms with Crippen molar-refractivity contribution >= 4 is 30.3 Å². The predicted molar refractivity (Wildman–Crippen MR) is 81.1 cm³/mol. The third-order valence-corrected chi connectivity index (χ3v) is 3.85. The van der Waals surface area contributed by atoms with Gasteiger partial charge in [0.1, 0.15) is 25.1 Å². The van der Waals surface area contributed by atoms with Crippen LogP contribution in [0.5, 0.6) is 5.75 Å². The summed E-state index contributed by atoms with van der Waals surface area (Å²) in [5.41, 5.74) is 1.89. The van der Waals surface area contributed by atoms with Gasteiger partial charge in [0.2, 0.25) is 0 Å². The number of hydrogen-bond donors (Lipinski definition) is 1. The van der Waals surface area contributed by atoms with Crippen LogP contribution >= 0.6 is 11.8 Å². The topological polar surface area (TPSA) is 66.0 Å². The fraction of sp³-hybridized carbons (Fsp3) is 0.500. The Bertz CT molecular complexity index is 558. The molecule has 3 rings (SSSR count). The number of halogens is 1. The molecule has 0 fully saturated rings. The Kier molecular flexibility index (Phi) is 4.88. The Morgan fingerprint density at radius 1 is 1.50 bits per heavy atom. The summed E-state index contributed by atoms with van der Waals surface area (Å²) in [6.07, 6.45) is -0.233. The molecular weight excluding hydrogens is 308 g/mol. The summed E-state index contributed by atoms with van der Waals surface area (Å²) in [5, 5.41) is 0. The van der Waals surface area contributed by atoms with E-state index < -0.39 is 7.12 Å². The van der Waals surface area contributed by atoms with E-state index in [1.807, 2.05) is 18.2 Å². The molecule has 118 valence electrons. The SMILES string of the molecule is CCC(=O)OC[C@@H]1COc2cccc3c2B(OC3CNCl)O1. The normalized spacial score (nSPS) is 22.7. The first-order valence-electron chi connectivity index (χ1n) is 7.28. The van der Waals surface area contributed by atoms with Gasteiger partial charge in [-0.05, 0) is 23.4 Å². The lowest BCUT2D eigenvalue weighted by atomic mass is 9.77. The number of rotatable bonds is 5. The highest BCUT2D eigenvalue weighted by molar-refractivity contribution is 6.64. The van der Waals surface area contributed by atoms with Gasteiger partial charge in [0.25, 0.3) is 0 Å². The molecule has 0 amide bonds. The van der Waals surface area contributed by atoms with Gasteiger partial charge in [-0.2, -0.15) is 0 Å². The highest BCUT2D eigenvalue weighted by Gasteiger charge is 2.43. The van der Waals surface area contributed by atoms with Gasteiger partial charge in [-0.3, -0.25) is 4.79 Å². The Hall–Kier alpha value is -1.28. The van der Waals surface area contributed by atoms with Crippen LogP contribution in [0.4, 0.5) is 0 Å². The third-order valence-electron chi connectivity index (χ3n) is 3.69. The molecule has 0 aromatic heterocycles. The molecule has 8 heteroatoms. The van der Waals surface area contributed by atoms with Gasteiger partial charge in [0.15, 0.2) is 0 Å². The molecule has 22 heavy (non-hydrogen) atoms. The number of esters is 1. The van der Waals surface area contributed by atoms with Gasteiger partial charge in [0, 0.05) is 18.4 Å². The Labute approximate surface area is 134 Å². The van der Waals surface area contributed by atoms with Crippen LogP contribution in [0, 0.1) is 0 Å². The van der Waals surface area contributed by atoms with Crippen LogP contribution in [0.1, 0.15) is 25.0 Å². The largest absolute Gasteiger partial charge is 0.499 e. The summed E-state index contributed by atoms with van der Waals surface area (Å²) in [5.74, 6) is 0.478. The van der Waals surface area contributed by atoms with Crippen molar-refractivity contribution in [3.8, 4) is 5.75 Å². The van der Waals surface area contributed by atoms with E-state index in [-0.39, 0.29) is 24.8 Å². The van der Waals surface area contributed by atoms with E-state index in [0.29, 0.717) is 19.6 Å². The lowest BCUT2D eigenvalue weighted by molar-refractivity contribution is -0.146. The molecule has 6 nitrogen and oxygen atoms in total. The second-order valence-electron chi connectivity index (χ2n) is 5.16. The molecule has 0 saturated carbocycles. The fourth-order valence-electron chi connectivity index (χ4n) is 2.61. The second-order valence-corrected chi connectivity index (χ2v) is 5.43. The van der Waals surface area contributed by atoms with Crippen molar-refractivity contribution in [3.05, 3.63) is 23.8 Å². The quantitative estimate of drug-likeness (QED) is 0.493. The van der Waals surface area contributed by atoms with E-state index in [2.05, 4.69) is 4.84 Å². The molecule has 0 spiro atoms. The van der Waals surface area contributed by atoms with Crippen LogP contribution in [0.15, 0.2) is 18.2 Å². The van der Waals surface area contributed by atoms with Crippen LogP contribution in [-0.2, 0) is 18.8 Å². The van der Waals surface area contributed by atoms with E-state index in [9.17, 15) is 4.79 Å². The minimum Gasteiger partial charge on any atom is -0.491 e. The highest BCUT2D eigenvalue weighted by Crippen LogP contribution is 2.30. The number of nitrogens with one attached hydrogen (secondary N) is 1. The van der Waals surface area contributed by atoms with Gasteiger partial charge in [0.05, 0.1) is 6.10 Å². The predicted octanol–water partition coefficient (Wildman–Crippen LogP) is 0.927. The molecule has 1 unspecified atom stereocenters. The minimum absolute atomic E-state index is 0.147.